The molecule has 0 radical (unpaired) electrons. The van der Waals surface area contributed by atoms with E-state index in [0.29, 0.717) is 25.7 Å². The molecule has 368 valence electrons. The van der Waals surface area contributed by atoms with Gasteiger partial charge in [0.2, 0.25) is 0 Å². The van der Waals surface area contributed by atoms with Gasteiger partial charge in [-0.2, -0.15) is 0 Å². The molecule has 0 fully saturated rings. The first-order chi connectivity index (χ1) is 30.2. The van der Waals surface area contributed by atoms with Gasteiger partial charge in [0.25, 0.3) is 0 Å². The van der Waals surface area contributed by atoms with Gasteiger partial charge in [-0.3, -0.25) is 23.2 Å². The zero-order chi connectivity index (χ0) is 46.9. The number of aliphatic hydroxyl groups excluding tert-OH is 2. The van der Waals surface area contributed by atoms with Gasteiger partial charge in [0.15, 0.2) is 6.10 Å². The first-order valence-electron chi connectivity index (χ1n) is 23.8. The second-order valence-corrected chi connectivity index (χ2v) is 19.2. The molecular weight excluding hydrogens is 850 g/mol. The molecule has 0 saturated carbocycles. The van der Waals surface area contributed by atoms with Crippen LogP contribution in [0.5, 0.6) is 0 Å². The van der Waals surface area contributed by atoms with Crippen LogP contribution in [0.15, 0.2) is 48.6 Å². The summed E-state index contributed by atoms with van der Waals surface area (Å²) >= 11 is 0. The maximum atomic E-state index is 12.7. The highest BCUT2D eigenvalue weighted by atomic mass is 31.2. The lowest BCUT2D eigenvalue weighted by Crippen LogP contribution is -2.29. The number of hydrogen-bond donors (Lipinski definition) is 5. The van der Waals surface area contributed by atoms with Gasteiger partial charge < -0.3 is 34.4 Å². The zero-order valence-corrected chi connectivity index (χ0v) is 40.7. The normalized spacial score (nSPS) is 15.4. The number of aliphatic hydroxyl groups is 2. The summed E-state index contributed by atoms with van der Waals surface area (Å²) in [5.41, 5.74) is 0. The topological polar surface area (TPSA) is 216 Å². The Morgan fingerprint density at radius 2 is 1.14 bits per heavy atom. The van der Waals surface area contributed by atoms with E-state index in [-0.39, 0.29) is 12.8 Å². The Kier molecular flexibility index (Phi) is 40.2. The molecule has 0 amide bonds. The van der Waals surface area contributed by atoms with Crippen molar-refractivity contribution in [3.63, 3.8) is 0 Å². The first kappa shape index (κ1) is 61.0. The molecule has 0 aromatic heterocycles. The lowest BCUT2D eigenvalue weighted by Gasteiger charge is -2.20. The summed E-state index contributed by atoms with van der Waals surface area (Å²) in [4.78, 5) is 52.8. The molecule has 63 heavy (non-hydrogen) atoms. The minimum Gasteiger partial charge on any atom is -0.462 e. The number of carbonyl (C=O) groups is 2. The molecule has 5 N–H and O–H groups in total. The van der Waals surface area contributed by atoms with E-state index in [9.17, 15) is 33.8 Å². The van der Waals surface area contributed by atoms with E-state index >= 15 is 0 Å². The number of rotatable bonds is 44. The quantitative estimate of drug-likeness (QED) is 0.0126. The number of allylic oxidation sites excluding steroid dienone is 6. The molecule has 3 unspecified atom stereocenters. The van der Waals surface area contributed by atoms with Crippen LogP contribution < -0.4 is 0 Å². The summed E-state index contributed by atoms with van der Waals surface area (Å²) in [6, 6.07) is 0. The molecule has 0 aromatic carbocycles. The number of ether oxygens (including phenoxy) is 2. The fourth-order valence-corrected chi connectivity index (χ4v) is 7.44. The van der Waals surface area contributed by atoms with Crippen molar-refractivity contribution in [2.75, 3.05) is 26.4 Å². The molecule has 16 heteroatoms. The fourth-order valence-electron chi connectivity index (χ4n) is 6.28. The van der Waals surface area contributed by atoms with Crippen molar-refractivity contribution in [2.45, 2.75) is 206 Å². The third-order valence-electron chi connectivity index (χ3n) is 10.3. The Hall–Kier alpha value is -1.96. The van der Waals surface area contributed by atoms with Gasteiger partial charge in [-0.1, -0.05) is 179 Å². The average Bonchev–Trinajstić information content (AvgIpc) is 3.24. The van der Waals surface area contributed by atoms with E-state index in [0.717, 1.165) is 38.0 Å². The standard InChI is InChI=1S/C47H86O14P2/c1-4-6-7-8-9-16-20-24-29-34-43(48)35-30-25-22-27-32-37-47(51)61-45(41-60-63(55,56)59-39-44(49)38-58-62(52,53)54)40-57-46(50)36-31-26-21-18-15-13-11-10-12-14-17-19-23-28-33-42(3)5-2/h9,16,22,24-25,29-30,35,42-45,48-49H,4-8,10-15,17-21,23,26-28,31-34,36-41H2,1-3H3,(H,55,56)(H2,52,53,54)/b16-9-,25-22+,29-24-,35-30-/t42?,43?,44-,45+/m0/s1. The highest BCUT2D eigenvalue weighted by Gasteiger charge is 2.28. The Labute approximate surface area is 380 Å². The lowest BCUT2D eigenvalue weighted by atomic mass is 9.99. The van der Waals surface area contributed by atoms with Crippen LogP contribution in [-0.2, 0) is 41.8 Å². The van der Waals surface area contributed by atoms with Gasteiger partial charge in [-0.15, -0.1) is 0 Å². The SMILES string of the molecule is CCCCC/C=C\C/C=C\CC(O)/C=C\C=C\CCCC(=O)O[C@H](COC(=O)CCCCCCCCCCCCCCCCC(C)CC)COP(=O)(O)OC[C@@H](O)COP(=O)(O)O. The number of esters is 2. The van der Waals surface area contributed by atoms with Gasteiger partial charge in [0.05, 0.1) is 25.9 Å². The molecule has 0 heterocycles. The molecule has 0 aliphatic heterocycles. The predicted molar refractivity (Wildman–Crippen MR) is 250 cm³/mol. The molecule has 0 bridgehead atoms. The fraction of sp³-hybridized carbons (Fsp3) is 0.787. The number of carbonyl (C=O) groups excluding carboxylic acids is 2. The van der Waals surface area contributed by atoms with E-state index in [2.05, 4.69) is 42.0 Å². The number of phosphoric ester groups is 2. The third-order valence-corrected chi connectivity index (χ3v) is 11.8. The van der Waals surface area contributed by atoms with Gasteiger partial charge in [-0.25, -0.2) is 9.13 Å². The van der Waals surface area contributed by atoms with Crippen molar-refractivity contribution in [3.8, 4) is 0 Å². The lowest BCUT2D eigenvalue weighted by molar-refractivity contribution is -0.161. The van der Waals surface area contributed by atoms with Crippen molar-refractivity contribution in [1.82, 2.24) is 0 Å². The molecular formula is C47H86O14P2. The van der Waals surface area contributed by atoms with Gasteiger partial charge in [-0.05, 0) is 50.9 Å². The summed E-state index contributed by atoms with van der Waals surface area (Å²) < 4.78 is 47.8. The van der Waals surface area contributed by atoms with Crippen molar-refractivity contribution in [3.05, 3.63) is 48.6 Å². The van der Waals surface area contributed by atoms with Crippen molar-refractivity contribution in [1.29, 1.82) is 0 Å². The van der Waals surface area contributed by atoms with Gasteiger partial charge in [0.1, 0.15) is 12.7 Å². The van der Waals surface area contributed by atoms with E-state index in [4.69, 9.17) is 23.8 Å². The highest BCUT2D eigenvalue weighted by molar-refractivity contribution is 7.47. The minimum absolute atomic E-state index is 0.00322. The predicted octanol–water partition coefficient (Wildman–Crippen LogP) is 11.4. The van der Waals surface area contributed by atoms with Crippen molar-refractivity contribution >= 4 is 27.6 Å². The number of unbranched alkanes of at least 4 members (excludes halogenated alkanes) is 17. The second-order valence-electron chi connectivity index (χ2n) is 16.5. The van der Waals surface area contributed by atoms with Crippen molar-refractivity contribution < 1.29 is 66.7 Å². The summed E-state index contributed by atoms with van der Waals surface area (Å²) in [5, 5.41) is 19.9. The highest BCUT2D eigenvalue weighted by Crippen LogP contribution is 2.43. The Morgan fingerprint density at radius 1 is 0.587 bits per heavy atom. The van der Waals surface area contributed by atoms with E-state index in [1.165, 1.54) is 96.3 Å². The zero-order valence-electron chi connectivity index (χ0n) is 38.9. The molecule has 14 nitrogen and oxygen atoms in total. The van der Waals surface area contributed by atoms with Crippen LogP contribution in [0.2, 0.25) is 0 Å². The van der Waals surface area contributed by atoms with E-state index in [1.807, 2.05) is 18.2 Å². The van der Waals surface area contributed by atoms with Crippen LogP contribution in [0.3, 0.4) is 0 Å². The van der Waals surface area contributed by atoms with Crippen LogP contribution in [0.25, 0.3) is 0 Å². The Morgan fingerprint density at radius 3 is 1.76 bits per heavy atom. The minimum atomic E-state index is -4.88. The van der Waals surface area contributed by atoms with Crippen LogP contribution in [-0.4, -0.2) is 81.6 Å². The maximum Gasteiger partial charge on any atom is 0.472 e. The van der Waals surface area contributed by atoms with Crippen molar-refractivity contribution in [2.24, 2.45) is 5.92 Å². The largest absolute Gasteiger partial charge is 0.472 e. The van der Waals surface area contributed by atoms with Crippen LogP contribution >= 0.6 is 15.6 Å². The summed E-state index contributed by atoms with van der Waals surface area (Å²) in [6.45, 7) is 3.95. The Bertz CT molecular complexity index is 1330. The van der Waals surface area contributed by atoms with Gasteiger partial charge in [0, 0.05) is 12.8 Å². The summed E-state index contributed by atoms with van der Waals surface area (Å²) in [7, 11) is -9.73. The van der Waals surface area contributed by atoms with E-state index < -0.39 is 72.3 Å². The van der Waals surface area contributed by atoms with Crippen LogP contribution in [0.4, 0.5) is 0 Å². The molecule has 0 saturated heterocycles. The summed E-state index contributed by atoms with van der Waals surface area (Å²) in [6.07, 6.45) is 38.4. The average molecular weight is 937 g/mol. The molecule has 5 atom stereocenters. The smallest absolute Gasteiger partial charge is 0.462 e. The molecule has 0 spiro atoms. The van der Waals surface area contributed by atoms with Crippen LogP contribution in [0, 0.1) is 5.92 Å². The number of hydrogen-bond acceptors (Lipinski definition) is 11. The second kappa shape index (κ2) is 41.5. The van der Waals surface area contributed by atoms with Gasteiger partial charge >= 0.3 is 27.6 Å². The molecule has 0 rings (SSSR count). The molecule has 0 aromatic rings. The number of phosphoric acid groups is 2. The summed E-state index contributed by atoms with van der Waals surface area (Å²) in [5.74, 6) is -0.301. The maximum absolute atomic E-state index is 12.7. The molecule has 0 aliphatic carbocycles. The monoisotopic (exact) mass is 937 g/mol. The molecule has 0 aliphatic rings. The van der Waals surface area contributed by atoms with Crippen LogP contribution in [0.1, 0.15) is 188 Å². The first-order valence-corrected chi connectivity index (χ1v) is 26.9. The Balaban J connectivity index is 4.62. The third kappa shape index (κ3) is 45.0. The van der Waals surface area contributed by atoms with E-state index in [1.54, 1.807) is 18.2 Å².